The quantitative estimate of drug-likeness (QED) is 0.567. The second-order valence-corrected chi connectivity index (χ2v) is 6.10. The second-order valence-electron chi connectivity index (χ2n) is 6.10. The highest BCUT2D eigenvalue weighted by atomic mass is 19.4. The van der Waals surface area contributed by atoms with Crippen LogP contribution < -0.4 is 16.0 Å². The highest BCUT2D eigenvalue weighted by molar-refractivity contribution is 5.94. The molecule has 0 saturated carbocycles. The van der Waals surface area contributed by atoms with Crippen molar-refractivity contribution < 1.29 is 13.2 Å². The lowest BCUT2D eigenvalue weighted by atomic mass is 10.0. The average molecular weight is 377 g/mol. The zero-order valence-electron chi connectivity index (χ0n) is 14.9. The van der Waals surface area contributed by atoms with Crippen molar-refractivity contribution in [3.63, 3.8) is 0 Å². The van der Waals surface area contributed by atoms with Crippen molar-refractivity contribution in [2.75, 3.05) is 23.0 Å². The van der Waals surface area contributed by atoms with Gasteiger partial charge in [-0.1, -0.05) is 6.07 Å². The summed E-state index contributed by atoms with van der Waals surface area (Å²) in [6.45, 7) is 3.36. The third-order valence-electron chi connectivity index (χ3n) is 3.55. The summed E-state index contributed by atoms with van der Waals surface area (Å²) in [7, 11) is 1.33. The first kappa shape index (κ1) is 20.0. The predicted octanol–water partition coefficient (Wildman–Crippen LogP) is 3.99. The van der Waals surface area contributed by atoms with Gasteiger partial charge in [-0.2, -0.15) is 23.4 Å². The van der Waals surface area contributed by atoms with Gasteiger partial charge in [-0.25, -0.2) is 4.98 Å². The van der Waals surface area contributed by atoms with E-state index in [-0.39, 0.29) is 11.8 Å². The van der Waals surface area contributed by atoms with E-state index < -0.39 is 17.3 Å². The van der Waals surface area contributed by atoms with E-state index >= 15 is 0 Å². The van der Waals surface area contributed by atoms with E-state index in [0.29, 0.717) is 23.1 Å². The fraction of sp³-hybridized carbons (Fsp3) is 0.294. The van der Waals surface area contributed by atoms with Crippen molar-refractivity contribution in [2.45, 2.75) is 25.6 Å². The van der Waals surface area contributed by atoms with Crippen LogP contribution in [0.15, 0.2) is 24.4 Å². The van der Waals surface area contributed by atoms with Crippen molar-refractivity contribution in [1.82, 2.24) is 9.97 Å². The van der Waals surface area contributed by atoms with Crippen LogP contribution in [0.25, 0.3) is 0 Å². The second kappa shape index (κ2) is 7.49. The summed E-state index contributed by atoms with van der Waals surface area (Å²) in [6, 6.07) is 7.10. The number of hydrogen-bond donors (Lipinski definition) is 4. The SMILES string of the molecule is CNc1nc(Nc2cccc(NC(C)(C)C#N)c2C=N)ncc1C(F)(F)F. The van der Waals surface area contributed by atoms with Crippen molar-refractivity contribution in [2.24, 2.45) is 0 Å². The molecule has 4 N–H and O–H groups in total. The molecule has 0 saturated heterocycles. The number of hydrogen-bond acceptors (Lipinski definition) is 7. The highest BCUT2D eigenvalue weighted by Gasteiger charge is 2.35. The molecular formula is C17H18F3N7. The van der Waals surface area contributed by atoms with Crippen molar-refractivity contribution in [3.05, 3.63) is 35.5 Å². The first-order chi connectivity index (χ1) is 12.6. The average Bonchev–Trinajstić information content (AvgIpc) is 2.60. The topological polar surface area (TPSA) is 110 Å². The van der Waals surface area contributed by atoms with E-state index in [0.717, 1.165) is 6.21 Å². The minimum atomic E-state index is -4.58. The zero-order chi connectivity index (χ0) is 20.2. The van der Waals surface area contributed by atoms with Gasteiger partial charge in [0.15, 0.2) is 0 Å². The van der Waals surface area contributed by atoms with Gasteiger partial charge in [0.25, 0.3) is 0 Å². The maximum atomic E-state index is 13.0. The molecule has 0 spiro atoms. The van der Waals surface area contributed by atoms with Gasteiger partial charge < -0.3 is 21.4 Å². The predicted molar refractivity (Wildman–Crippen MR) is 97.5 cm³/mol. The molecule has 0 radical (unpaired) electrons. The Morgan fingerprint density at radius 3 is 2.44 bits per heavy atom. The molecule has 0 aliphatic heterocycles. The van der Waals surface area contributed by atoms with E-state index in [1.54, 1.807) is 32.0 Å². The summed E-state index contributed by atoms with van der Waals surface area (Å²) in [5, 5.41) is 25.1. The molecule has 0 unspecified atom stereocenters. The van der Waals surface area contributed by atoms with Crippen molar-refractivity contribution >= 4 is 29.4 Å². The Balaban J connectivity index is 2.41. The van der Waals surface area contributed by atoms with E-state index in [1.165, 1.54) is 7.05 Å². The van der Waals surface area contributed by atoms with E-state index in [1.807, 2.05) is 0 Å². The number of rotatable bonds is 6. The molecule has 2 aromatic rings. The number of nitrogens with zero attached hydrogens (tertiary/aromatic N) is 3. The number of nitrogens with one attached hydrogen (secondary N) is 4. The number of nitriles is 1. The lowest BCUT2D eigenvalue weighted by Crippen LogP contribution is -2.29. The van der Waals surface area contributed by atoms with Crippen LogP contribution in [0.3, 0.4) is 0 Å². The van der Waals surface area contributed by atoms with Crippen LogP contribution in [0, 0.1) is 16.7 Å². The molecule has 27 heavy (non-hydrogen) atoms. The number of halogens is 3. The Hall–Kier alpha value is -3.35. The lowest BCUT2D eigenvalue weighted by molar-refractivity contribution is -0.137. The number of alkyl halides is 3. The van der Waals surface area contributed by atoms with E-state index in [4.69, 9.17) is 10.7 Å². The summed E-state index contributed by atoms with van der Waals surface area (Å²) < 4.78 is 38.9. The number of anilines is 4. The Morgan fingerprint density at radius 2 is 1.89 bits per heavy atom. The molecule has 0 bridgehead atoms. The van der Waals surface area contributed by atoms with Crippen molar-refractivity contribution in [3.8, 4) is 6.07 Å². The lowest BCUT2D eigenvalue weighted by Gasteiger charge is -2.22. The highest BCUT2D eigenvalue weighted by Crippen LogP contribution is 2.34. The van der Waals surface area contributed by atoms with Crippen LogP contribution in [-0.4, -0.2) is 28.8 Å². The largest absolute Gasteiger partial charge is 0.421 e. The molecular weight excluding hydrogens is 359 g/mol. The molecule has 0 fully saturated rings. The molecule has 0 amide bonds. The summed E-state index contributed by atoms with van der Waals surface area (Å²) >= 11 is 0. The maximum absolute atomic E-state index is 13.0. The van der Waals surface area contributed by atoms with Gasteiger partial charge >= 0.3 is 6.18 Å². The fourth-order valence-electron chi connectivity index (χ4n) is 2.26. The molecule has 1 aromatic carbocycles. The Labute approximate surface area is 154 Å². The molecule has 1 heterocycles. The molecule has 7 nitrogen and oxygen atoms in total. The van der Waals surface area contributed by atoms with Gasteiger partial charge in [-0.15, -0.1) is 0 Å². The van der Waals surface area contributed by atoms with Gasteiger partial charge in [0.1, 0.15) is 16.9 Å². The smallest absolute Gasteiger partial charge is 0.372 e. The first-order valence-corrected chi connectivity index (χ1v) is 7.83. The monoisotopic (exact) mass is 377 g/mol. The summed E-state index contributed by atoms with van der Waals surface area (Å²) in [5.74, 6) is -0.427. The van der Waals surface area contributed by atoms with Crippen molar-refractivity contribution in [1.29, 1.82) is 10.7 Å². The van der Waals surface area contributed by atoms with Crippen LogP contribution in [0.5, 0.6) is 0 Å². The molecule has 10 heteroatoms. The summed E-state index contributed by atoms with van der Waals surface area (Å²) in [5.41, 5.74) is -0.516. The number of aromatic nitrogens is 2. The third kappa shape index (κ3) is 4.63. The van der Waals surface area contributed by atoms with Crippen LogP contribution in [-0.2, 0) is 6.18 Å². The maximum Gasteiger partial charge on any atom is 0.421 e. The van der Waals surface area contributed by atoms with Gasteiger partial charge in [0.2, 0.25) is 5.95 Å². The Bertz CT molecular complexity index is 885. The molecule has 1 aromatic heterocycles. The minimum Gasteiger partial charge on any atom is -0.372 e. The van der Waals surface area contributed by atoms with Crippen LogP contribution >= 0.6 is 0 Å². The molecule has 0 aliphatic carbocycles. The van der Waals surface area contributed by atoms with Gasteiger partial charge in [-0.3, -0.25) is 0 Å². The third-order valence-corrected chi connectivity index (χ3v) is 3.55. The van der Waals surface area contributed by atoms with Crippen LogP contribution in [0.1, 0.15) is 25.0 Å². The summed E-state index contributed by atoms with van der Waals surface area (Å²) in [4.78, 5) is 7.56. The van der Waals surface area contributed by atoms with Crippen LogP contribution in [0.4, 0.5) is 36.3 Å². The first-order valence-electron chi connectivity index (χ1n) is 7.83. The Kier molecular flexibility index (Phi) is 5.54. The normalized spacial score (nSPS) is 11.4. The zero-order valence-corrected chi connectivity index (χ0v) is 14.9. The molecule has 142 valence electrons. The Morgan fingerprint density at radius 1 is 1.22 bits per heavy atom. The standard InChI is InChI=1S/C17H18F3N7/c1-16(2,9-22)27-13-6-4-5-12(10(13)7-21)25-15-24-8-11(17(18,19)20)14(23-3)26-15/h4-8,21,27H,1-3H3,(H2,23,24,25,26). The fourth-order valence-corrected chi connectivity index (χ4v) is 2.26. The van der Waals surface area contributed by atoms with E-state index in [9.17, 15) is 13.2 Å². The van der Waals surface area contributed by atoms with Gasteiger partial charge in [0, 0.05) is 30.7 Å². The van der Waals surface area contributed by atoms with Gasteiger partial charge in [-0.05, 0) is 26.0 Å². The molecule has 0 aliphatic rings. The molecule has 2 rings (SSSR count). The minimum absolute atomic E-state index is 0.0628. The van der Waals surface area contributed by atoms with E-state index in [2.05, 4.69) is 32.0 Å². The molecule has 0 atom stereocenters. The number of benzene rings is 1. The van der Waals surface area contributed by atoms with Crippen LogP contribution in [0.2, 0.25) is 0 Å². The summed E-state index contributed by atoms with van der Waals surface area (Å²) in [6.07, 6.45) is -2.82. The van der Waals surface area contributed by atoms with Gasteiger partial charge in [0.05, 0.1) is 11.8 Å².